The average Bonchev–Trinajstić information content (AvgIpc) is 2.56. The molecule has 0 saturated carbocycles. The summed E-state index contributed by atoms with van der Waals surface area (Å²) in [6.07, 6.45) is 7.68. The highest BCUT2D eigenvalue weighted by Crippen LogP contribution is 2.10. The van der Waals surface area contributed by atoms with Crippen molar-refractivity contribution in [2.24, 2.45) is 0 Å². The lowest BCUT2D eigenvalue weighted by molar-refractivity contribution is 1.13. The zero-order chi connectivity index (χ0) is 15.5. The molecular formula is C21H24. The van der Waals surface area contributed by atoms with Crippen LogP contribution in [0.2, 0.25) is 0 Å². The van der Waals surface area contributed by atoms with Gasteiger partial charge in [0, 0.05) is 0 Å². The Kier molecular flexibility index (Phi) is 7.60. The maximum Gasteiger partial charge on any atom is -0.00942 e. The Morgan fingerprint density at radius 3 is 1.67 bits per heavy atom. The summed E-state index contributed by atoms with van der Waals surface area (Å²) in [6, 6.07) is 16.5. The zero-order valence-corrected chi connectivity index (χ0v) is 12.9. The lowest BCUT2D eigenvalue weighted by Gasteiger charge is -2.00. The van der Waals surface area contributed by atoms with Gasteiger partial charge < -0.3 is 0 Å². The highest BCUT2D eigenvalue weighted by atomic mass is 14.0. The van der Waals surface area contributed by atoms with Gasteiger partial charge in [0.25, 0.3) is 0 Å². The molecule has 2 aromatic carbocycles. The Hall–Kier alpha value is -2.34. The van der Waals surface area contributed by atoms with E-state index in [0.29, 0.717) is 0 Å². The molecule has 0 atom stereocenters. The Balaban J connectivity index is 0.000000211. The van der Waals surface area contributed by atoms with E-state index in [4.69, 9.17) is 0 Å². The van der Waals surface area contributed by atoms with E-state index in [1.54, 1.807) is 0 Å². The first-order valence-corrected chi connectivity index (χ1v) is 7.28. The first-order chi connectivity index (χ1) is 10.3. The van der Waals surface area contributed by atoms with Gasteiger partial charge in [0.1, 0.15) is 0 Å². The molecule has 0 amide bonds. The van der Waals surface area contributed by atoms with Crippen molar-refractivity contribution in [1.29, 1.82) is 0 Å². The Morgan fingerprint density at radius 2 is 1.24 bits per heavy atom. The number of allylic oxidation sites excluding steroid dienone is 1. The molecular weight excluding hydrogens is 252 g/mol. The van der Waals surface area contributed by atoms with E-state index < -0.39 is 0 Å². The smallest absolute Gasteiger partial charge is 0.00942 e. The van der Waals surface area contributed by atoms with Crippen LogP contribution < -0.4 is 0 Å². The summed E-state index contributed by atoms with van der Waals surface area (Å²) in [5.41, 5.74) is 5.12. The molecule has 0 spiro atoms. The molecule has 108 valence electrons. The van der Waals surface area contributed by atoms with Gasteiger partial charge in [0.05, 0.1) is 0 Å². The van der Waals surface area contributed by atoms with Crippen LogP contribution in [-0.4, -0.2) is 0 Å². The van der Waals surface area contributed by atoms with Crippen molar-refractivity contribution in [3.63, 3.8) is 0 Å². The van der Waals surface area contributed by atoms with E-state index in [1.807, 2.05) is 36.4 Å². The molecule has 0 aromatic heterocycles. The summed E-state index contributed by atoms with van der Waals surface area (Å²) in [4.78, 5) is 0. The Labute approximate surface area is 129 Å². The minimum atomic E-state index is 0.919. The van der Waals surface area contributed by atoms with E-state index >= 15 is 0 Å². The van der Waals surface area contributed by atoms with E-state index in [0.717, 1.165) is 12.8 Å². The van der Waals surface area contributed by atoms with Gasteiger partial charge in [-0.3, -0.25) is 0 Å². The highest BCUT2D eigenvalue weighted by Gasteiger charge is 1.93. The predicted octanol–water partition coefficient (Wildman–Crippen LogP) is 5.95. The molecule has 0 unspecified atom stereocenters. The van der Waals surface area contributed by atoms with E-state index in [1.165, 1.54) is 22.3 Å². The highest BCUT2D eigenvalue weighted by molar-refractivity contribution is 5.52. The van der Waals surface area contributed by atoms with Crippen molar-refractivity contribution in [2.75, 3.05) is 0 Å². The third-order valence-electron chi connectivity index (χ3n) is 3.30. The first kappa shape index (κ1) is 16.7. The van der Waals surface area contributed by atoms with Crippen molar-refractivity contribution < 1.29 is 0 Å². The second-order valence-corrected chi connectivity index (χ2v) is 4.65. The van der Waals surface area contributed by atoms with Gasteiger partial charge in [-0.15, -0.1) is 6.58 Å². The van der Waals surface area contributed by atoms with E-state index in [-0.39, 0.29) is 0 Å². The van der Waals surface area contributed by atoms with Crippen LogP contribution in [0.1, 0.15) is 29.2 Å². The van der Waals surface area contributed by atoms with Gasteiger partial charge in [0.15, 0.2) is 0 Å². The normalized spacial score (nSPS) is 9.19. The molecule has 0 aliphatic rings. The Bertz CT molecular complexity index is 590. The average molecular weight is 276 g/mol. The van der Waals surface area contributed by atoms with E-state index in [2.05, 4.69) is 57.0 Å². The zero-order valence-electron chi connectivity index (χ0n) is 12.9. The fourth-order valence-electron chi connectivity index (χ4n) is 2.13. The standard InChI is InChI=1S/C11H12.C10H12/c1-3-7-11-9-6-5-8-10(11)4-2;1-3-9-7-5-6-8-10(9)4-2/h3-6,8-9H,1-2,7H2;3,5-8H,1,4H2,2H3. The van der Waals surface area contributed by atoms with Crippen LogP contribution >= 0.6 is 0 Å². The lowest BCUT2D eigenvalue weighted by Crippen LogP contribution is -1.84. The fourth-order valence-corrected chi connectivity index (χ4v) is 2.13. The maximum atomic E-state index is 3.74. The van der Waals surface area contributed by atoms with Gasteiger partial charge >= 0.3 is 0 Å². The summed E-state index contributed by atoms with van der Waals surface area (Å²) in [5, 5.41) is 0. The predicted molar refractivity (Wildman–Crippen MR) is 96.3 cm³/mol. The Morgan fingerprint density at radius 1 is 0.762 bits per heavy atom. The number of hydrogen-bond donors (Lipinski definition) is 0. The van der Waals surface area contributed by atoms with Crippen LogP contribution in [0.3, 0.4) is 0 Å². The third kappa shape index (κ3) is 5.27. The molecule has 0 radical (unpaired) electrons. The second kappa shape index (κ2) is 9.55. The third-order valence-corrected chi connectivity index (χ3v) is 3.30. The molecule has 0 bridgehead atoms. The number of benzene rings is 2. The summed E-state index contributed by atoms with van der Waals surface area (Å²) >= 11 is 0. The first-order valence-electron chi connectivity index (χ1n) is 7.28. The van der Waals surface area contributed by atoms with Gasteiger partial charge in [-0.1, -0.05) is 86.8 Å². The van der Waals surface area contributed by atoms with Crippen molar-refractivity contribution in [1.82, 2.24) is 0 Å². The van der Waals surface area contributed by atoms with Crippen molar-refractivity contribution in [3.05, 3.63) is 96.6 Å². The summed E-state index contributed by atoms with van der Waals surface area (Å²) < 4.78 is 0. The van der Waals surface area contributed by atoms with Crippen LogP contribution in [0.4, 0.5) is 0 Å². The summed E-state index contributed by atoms with van der Waals surface area (Å²) in [7, 11) is 0. The SMILES string of the molecule is C=CCc1ccccc1C=C.C=Cc1ccccc1CC. The molecule has 0 aliphatic carbocycles. The van der Waals surface area contributed by atoms with Gasteiger partial charge in [0.2, 0.25) is 0 Å². The second-order valence-electron chi connectivity index (χ2n) is 4.65. The quantitative estimate of drug-likeness (QED) is 0.592. The van der Waals surface area contributed by atoms with Crippen molar-refractivity contribution in [2.45, 2.75) is 19.8 Å². The minimum Gasteiger partial charge on any atom is -0.103 e. The van der Waals surface area contributed by atoms with Gasteiger partial charge in [-0.2, -0.15) is 0 Å². The molecule has 0 heteroatoms. The van der Waals surface area contributed by atoms with Crippen molar-refractivity contribution in [3.8, 4) is 0 Å². The monoisotopic (exact) mass is 276 g/mol. The fraction of sp³-hybridized carbons (Fsp3) is 0.143. The van der Waals surface area contributed by atoms with Crippen molar-refractivity contribution >= 4 is 12.2 Å². The number of rotatable bonds is 5. The number of hydrogen-bond acceptors (Lipinski definition) is 0. The molecule has 0 saturated heterocycles. The minimum absolute atomic E-state index is 0.919. The summed E-state index contributed by atoms with van der Waals surface area (Å²) in [5.74, 6) is 0. The molecule has 0 fully saturated rings. The molecule has 2 aromatic rings. The topological polar surface area (TPSA) is 0 Å². The molecule has 0 aliphatic heterocycles. The van der Waals surface area contributed by atoms with Crippen LogP contribution in [-0.2, 0) is 12.8 Å². The largest absolute Gasteiger partial charge is 0.103 e. The van der Waals surface area contributed by atoms with Crippen LogP contribution in [0, 0.1) is 0 Å². The molecule has 0 heterocycles. The van der Waals surface area contributed by atoms with Gasteiger partial charge in [-0.05, 0) is 35.1 Å². The molecule has 0 N–H and O–H groups in total. The maximum absolute atomic E-state index is 3.74. The molecule has 2 rings (SSSR count). The van der Waals surface area contributed by atoms with Crippen LogP contribution in [0.15, 0.2) is 74.3 Å². The molecule has 0 nitrogen and oxygen atoms in total. The molecule has 21 heavy (non-hydrogen) atoms. The van der Waals surface area contributed by atoms with Crippen LogP contribution in [0.5, 0.6) is 0 Å². The van der Waals surface area contributed by atoms with E-state index in [9.17, 15) is 0 Å². The lowest BCUT2D eigenvalue weighted by atomic mass is 10.1. The van der Waals surface area contributed by atoms with Gasteiger partial charge in [-0.25, -0.2) is 0 Å². The van der Waals surface area contributed by atoms with Crippen LogP contribution in [0.25, 0.3) is 12.2 Å². The number of aryl methyl sites for hydroxylation is 1. The summed E-state index contributed by atoms with van der Waals surface area (Å²) in [6.45, 7) is 13.3.